The van der Waals surface area contributed by atoms with Gasteiger partial charge in [-0.05, 0) is 72.9 Å². The number of nitrogens with zero attached hydrogens (tertiary/aromatic N) is 4. The molecule has 4 aromatic rings. The lowest BCUT2D eigenvalue weighted by Crippen LogP contribution is -2.33. The standard InChI is InChI=1S/C35H36N4O/c1-24-34(26-13-8-7-9-14-26)25(2)39(36-24)29-15-12-16-30(22-29)40-31-20-27(19-28(21-31)35(3,4)5)32-23-37(6)33-17-10-11-18-38(32)33/h7-23,33H,1-6H3. The molecule has 0 fully saturated rings. The molecular formula is C35H36N4O. The van der Waals surface area contributed by atoms with E-state index in [1.54, 1.807) is 0 Å². The lowest BCUT2D eigenvalue weighted by atomic mass is 9.85. The number of fused-ring (bicyclic) bond motifs is 1. The SMILES string of the molecule is Cc1nn(-c2cccc(Oc3cc(C4=CN(C)C5C=CC=CN45)cc(C(C)(C)C)c3)c2)c(C)c1-c1ccccc1. The zero-order valence-corrected chi connectivity index (χ0v) is 24.1. The Hall–Kier alpha value is -4.51. The van der Waals surface area contributed by atoms with Gasteiger partial charge < -0.3 is 14.5 Å². The van der Waals surface area contributed by atoms with Crippen LogP contribution in [0.5, 0.6) is 11.5 Å². The Labute approximate surface area is 237 Å². The Kier molecular flexibility index (Phi) is 6.38. The van der Waals surface area contributed by atoms with Gasteiger partial charge in [-0.1, -0.05) is 63.2 Å². The number of allylic oxidation sites excluding steroid dienone is 2. The molecule has 0 radical (unpaired) electrons. The fourth-order valence-corrected chi connectivity index (χ4v) is 5.57. The number of hydrogen-bond acceptors (Lipinski definition) is 4. The maximum absolute atomic E-state index is 6.57. The van der Waals surface area contributed by atoms with Gasteiger partial charge in [0.15, 0.2) is 0 Å². The van der Waals surface area contributed by atoms with Gasteiger partial charge in [-0.3, -0.25) is 0 Å². The van der Waals surface area contributed by atoms with Crippen molar-refractivity contribution in [3.05, 3.63) is 126 Å². The molecule has 5 nitrogen and oxygen atoms in total. The first kappa shape index (κ1) is 25.8. The summed E-state index contributed by atoms with van der Waals surface area (Å²) in [6.45, 7) is 10.9. The number of rotatable bonds is 5. The first-order valence-electron chi connectivity index (χ1n) is 13.8. The molecular weight excluding hydrogens is 492 g/mol. The highest BCUT2D eigenvalue weighted by Gasteiger charge is 2.29. The quantitative estimate of drug-likeness (QED) is 0.261. The molecule has 0 N–H and O–H groups in total. The monoisotopic (exact) mass is 528 g/mol. The van der Waals surface area contributed by atoms with Crippen LogP contribution in [0.2, 0.25) is 0 Å². The number of hydrogen-bond donors (Lipinski definition) is 0. The third-order valence-corrected chi connectivity index (χ3v) is 7.67. The second-order valence-corrected chi connectivity index (χ2v) is 11.6. The minimum absolute atomic E-state index is 0.0321. The van der Waals surface area contributed by atoms with Crippen molar-refractivity contribution >= 4 is 5.70 Å². The highest BCUT2D eigenvalue weighted by molar-refractivity contribution is 5.71. The molecule has 6 rings (SSSR count). The van der Waals surface area contributed by atoms with E-state index in [1.807, 2.05) is 22.9 Å². The van der Waals surface area contributed by atoms with E-state index >= 15 is 0 Å². The zero-order valence-electron chi connectivity index (χ0n) is 24.1. The Morgan fingerprint density at radius 1 is 0.825 bits per heavy atom. The van der Waals surface area contributed by atoms with Crippen LogP contribution in [0.3, 0.4) is 0 Å². The number of benzene rings is 3. The van der Waals surface area contributed by atoms with Crippen molar-refractivity contribution in [3.8, 4) is 28.3 Å². The predicted octanol–water partition coefficient (Wildman–Crippen LogP) is 8.20. The van der Waals surface area contributed by atoms with Gasteiger partial charge in [0.05, 0.1) is 17.1 Å². The third-order valence-electron chi connectivity index (χ3n) is 7.67. The Morgan fingerprint density at radius 3 is 2.40 bits per heavy atom. The molecule has 3 heterocycles. The van der Waals surface area contributed by atoms with E-state index in [0.29, 0.717) is 0 Å². The van der Waals surface area contributed by atoms with Crippen LogP contribution < -0.4 is 4.74 Å². The highest BCUT2D eigenvalue weighted by atomic mass is 16.5. The fourth-order valence-electron chi connectivity index (χ4n) is 5.57. The Morgan fingerprint density at radius 2 is 1.62 bits per heavy atom. The van der Waals surface area contributed by atoms with Gasteiger partial charge in [0.25, 0.3) is 0 Å². The number of aryl methyl sites for hydroxylation is 1. The second-order valence-electron chi connectivity index (χ2n) is 11.6. The van der Waals surface area contributed by atoms with Crippen LogP contribution in [0, 0.1) is 13.8 Å². The normalized spacial score (nSPS) is 16.4. The summed E-state index contributed by atoms with van der Waals surface area (Å²) in [7, 11) is 2.12. The van der Waals surface area contributed by atoms with Gasteiger partial charge in [-0.15, -0.1) is 0 Å². The Bertz CT molecular complexity index is 1650. The van der Waals surface area contributed by atoms with Crippen LogP contribution in [0.4, 0.5) is 0 Å². The summed E-state index contributed by atoms with van der Waals surface area (Å²) >= 11 is 0. The summed E-state index contributed by atoms with van der Waals surface area (Å²) in [6.07, 6.45) is 11.0. The molecule has 0 aliphatic carbocycles. The molecule has 0 bridgehead atoms. The van der Waals surface area contributed by atoms with E-state index in [-0.39, 0.29) is 11.6 Å². The van der Waals surface area contributed by atoms with Gasteiger partial charge in [0.1, 0.15) is 17.7 Å². The van der Waals surface area contributed by atoms with E-state index in [1.165, 1.54) is 16.7 Å². The molecule has 202 valence electrons. The number of likely N-dealkylation sites (N-methyl/N-ethyl adjacent to an activating group) is 1. The molecule has 0 saturated carbocycles. The molecule has 2 aliphatic rings. The maximum Gasteiger partial charge on any atom is 0.129 e. The van der Waals surface area contributed by atoms with Gasteiger partial charge in [0, 0.05) is 42.3 Å². The molecule has 1 atom stereocenters. The molecule has 0 amide bonds. The van der Waals surface area contributed by atoms with E-state index in [4.69, 9.17) is 9.84 Å². The van der Waals surface area contributed by atoms with Crippen molar-refractivity contribution in [1.82, 2.24) is 19.6 Å². The smallest absolute Gasteiger partial charge is 0.129 e. The highest BCUT2D eigenvalue weighted by Crippen LogP contribution is 2.38. The van der Waals surface area contributed by atoms with E-state index < -0.39 is 0 Å². The minimum Gasteiger partial charge on any atom is -0.457 e. The lowest BCUT2D eigenvalue weighted by Gasteiger charge is -2.29. The molecule has 5 heteroatoms. The first-order valence-corrected chi connectivity index (χ1v) is 13.8. The van der Waals surface area contributed by atoms with Crippen LogP contribution >= 0.6 is 0 Å². The van der Waals surface area contributed by atoms with Crippen LogP contribution in [0.15, 0.2) is 103 Å². The van der Waals surface area contributed by atoms with Crippen molar-refractivity contribution in [2.24, 2.45) is 0 Å². The van der Waals surface area contributed by atoms with Gasteiger partial charge in [0.2, 0.25) is 0 Å². The molecule has 0 spiro atoms. The average Bonchev–Trinajstić information content (AvgIpc) is 3.44. The summed E-state index contributed by atoms with van der Waals surface area (Å²) in [5.41, 5.74) is 8.93. The summed E-state index contributed by atoms with van der Waals surface area (Å²) in [5, 5.41) is 4.89. The number of ether oxygens (including phenoxy) is 1. The molecule has 1 aromatic heterocycles. The minimum atomic E-state index is -0.0321. The van der Waals surface area contributed by atoms with Crippen LogP contribution in [0.1, 0.15) is 43.3 Å². The second kappa shape index (κ2) is 9.91. The molecule has 0 saturated heterocycles. The van der Waals surface area contributed by atoms with Crippen molar-refractivity contribution in [1.29, 1.82) is 0 Å². The summed E-state index contributed by atoms with van der Waals surface area (Å²) in [6, 6.07) is 25.2. The number of aromatic nitrogens is 2. The van der Waals surface area contributed by atoms with Crippen molar-refractivity contribution < 1.29 is 4.74 Å². The molecule has 1 unspecified atom stereocenters. The Balaban J connectivity index is 1.36. The summed E-state index contributed by atoms with van der Waals surface area (Å²) in [5.74, 6) is 1.60. The summed E-state index contributed by atoms with van der Waals surface area (Å²) < 4.78 is 8.58. The van der Waals surface area contributed by atoms with Crippen LogP contribution in [-0.2, 0) is 5.41 Å². The topological polar surface area (TPSA) is 33.5 Å². The van der Waals surface area contributed by atoms with Crippen molar-refractivity contribution in [2.45, 2.75) is 46.2 Å². The van der Waals surface area contributed by atoms with Gasteiger partial charge in [-0.25, -0.2) is 4.68 Å². The third kappa shape index (κ3) is 4.73. The fraction of sp³-hybridized carbons (Fsp3) is 0.229. The lowest BCUT2D eigenvalue weighted by molar-refractivity contribution is 0.282. The largest absolute Gasteiger partial charge is 0.457 e. The van der Waals surface area contributed by atoms with Crippen LogP contribution in [-0.4, -0.2) is 32.8 Å². The molecule has 3 aromatic carbocycles. The van der Waals surface area contributed by atoms with Gasteiger partial charge >= 0.3 is 0 Å². The predicted molar refractivity (Wildman–Crippen MR) is 163 cm³/mol. The van der Waals surface area contributed by atoms with Crippen LogP contribution in [0.25, 0.3) is 22.5 Å². The van der Waals surface area contributed by atoms with Gasteiger partial charge in [-0.2, -0.15) is 5.10 Å². The first-order chi connectivity index (χ1) is 19.2. The average molecular weight is 529 g/mol. The van der Waals surface area contributed by atoms with Crippen molar-refractivity contribution in [3.63, 3.8) is 0 Å². The van der Waals surface area contributed by atoms with E-state index in [9.17, 15) is 0 Å². The summed E-state index contributed by atoms with van der Waals surface area (Å²) in [4.78, 5) is 4.54. The van der Waals surface area contributed by atoms with E-state index in [2.05, 4.69) is 137 Å². The van der Waals surface area contributed by atoms with Crippen molar-refractivity contribution in [2.75, 3.05) is 7.05 Å². The molecule has 2 aliphatic heterocycles. The maximum atomic E-state index is 6.57. The molecule has 40 heavy (non-hydrogen) atoms. The van der Waals surface area contributed by atoms with E-state index in [0.717, 1.165) is 39.8 Å². The zero-order chi connectivity index (χ0) is 28.0.